The second kappa shape index (κ2) is 6.52. The zero-order valence-corrected chi connectivity index (χ0v) is 11.3. The lowest BCUT2D eigenvalue weighted by Crippen LogP contribution is -2.38. The summed E-state index contributed by atoms with van der Waals surface area (Å²) in [6, 6.07) is 0. The lowest BCUT2D eigenvalue weighted by atomic mass is 9.93. The monoisotopic (exact) mass is 263 g/mol. The van der Waals surface area contributed by atoms with Gasteiger partial charge < -0.3 is 14.6 Å². The fourth-order valence-corrected chi connectivity index (χ4v) is 2.38. The van der Waals surface area contributed by atoms with Gasteiger partial charge in [-0.15, -0.1) is 0 Å². The molecule has 1 aliphatic carbocycles. The summed E-state index contributed by atoms with van der Waals surface area (Å²) in [5.41, 5.74) is 0. The zero-order chi connectivity index (χ0) is 13.7. The van der Waals surface area contributed by atoms with E-state index in [1.54, 1.807) is 11.1 Å². The maximum Gasteiger partial charge on any atom is 0.226 e. The largest absolute Gasteiger partial charge is 0.395 e. The first-order valence-corrected chi connectivity index (χ1v) is 6.73. The highest BCUT2D eigenvalue weighted by Gasteiger charge is 2.24. The quantitative estimate of drug-likeness (QED) is 0.809. The summed E-state index contributed by atoms with van der Waals surface area (Å²) >= 11 is 0. The van der Waals surface area contributed by atoms with Gasteiger partial charge in [0, 0.05) is 31.9 Å². The number of aliphatic hydroxyl groups excluding tert-OH is 1. The molecule has 1 aliphatic rings. The van der Waals surface area contributed by atoms with E-state index in [-0.39, 0.29) is 18.4 Å². The Morgan fingerprint density at radius 2 is 2.42 bits per heavy atom. The van der Waals surface area contributed by atoms with Gasteiger partial charge in [-0.25, -0.2) is 4.98 Å². The average molecular weight is 263 g/mol. The number of carbonyl (C=O) groups excluding carboxylic acids is 1. The van der Waals surface area contributed by atoms with Gasteiger partial charge in [-0.3, -0.25) is 4.79 Å². The number of rotatable bonds is 5. The van der Waals surface area contributed by atoms with E-state index in [4.69, 9.17) is 5.11 Å². The van der Waals surface area contributed by atoms with Gasteiger partial charge in [-0.2, -0.15) is 0 Å². The number of nitrogens with zero attached hydrogens (tertiary/aromatic N) is 3. The van der Waals surface area contributed by atoms with Crippen molar-refractivity contribution in [1.82, 2.24) is 14.5 Å². The summed E-state index contributed by atoms with van der Waals surface area (Å²) in [5.74, 6) is 1.02. The van der Waals surface area contributed by atoms with Crippen LogP contribution in [0.5, 0.6) is 0 Å². The van der Waals surface area contributed by atoms with Crippen LogP contribution in [-0.4, -0.2) is 38.6 Å². The molecule has 19 heavy (non-hydrogen) atoms. The standard InChI is InChI=1S/C14H21N3O2/c1-16-8-7-15-13(16)11-17(9-10-18)14(19)12-5-3-2-4-6-12/h2-3,7-8,12,18H,4-6,9-11H2,1H3/t12-/m1/s1. The SMILES string of the molecule is Cn1ccnc1CN(CCO)C(=O)[C@@H]1CC=CCC1. The summed E-state index contributed by atoms with van der Waals surface area (Å²) in [6.45, 7) is 0.813. The number of carbonyl (C=O) groups is 1. The van der Waals surface area contributed by atoms with Crippen LogP contribution >= 0.6 is 0 Å². The third-order valence-electron chi connectivity index (χ3n) is 3.55. The van der Waals surface area contributed by atoms with E-state index in [9.17, 15) is 4.79 Å². The van der Waals surface area contributed by atoms with Crippen molar-refractivity contribution < 1.29 is 9.90 Å². The van der Waals surface area contributed by atoms with Gasteiger partial charge in [0.05, 0.1) is 13.2 Å². The molecule has 1 N–H and O–H groups in total. The molecular formula is C14H21N3O2. The van der Waals surface area contributed by atoms with Gasteiger partial charge in [0.1, 0.15) is 5.82 Å². The molecule has 1 aromatic rings. The minimum atomic E-state index is -0.0152. The van der Waals surface area contributed by atoms with Crippen LogP contribution in [-0.2, 0) is 18.4 Å². The Labute approximate surface area is 113 Å². The van der Waals surface area contributed by atoms with Crippen LogP contribution in [0, 0.1) is 5.92 Å². The van der Waals surface area contributed by atoms with E-state index in [1.165, 1.54) is 0 Å². The Morgan fingerprint density at radius 1 is 1.58 bits per heavy atom. The molecule has 0 unspecified atom stereocenters. The molecule has 1 atom stereocenters. The Kier molecular flexibility index (Phi) is 4.74. The summed E-state index contributed by atoms with van der Waals surface area (Å²) in [7, 11) is 1.91. The van der Waals surface area contributed by atoms with E-state index in [0.717, 1.165) is 25.1 Å². The van der Waals surface area contributed by atoms with Crippen LogP contribution in [0.1, 0.15) is 25.1 Å². The van der Waals surface area contributed by atoms with Gasteiger partial charge in [-0.05, 0) is 19.3 Å². The molecule has 0 aliphatic heterocycles. The molecule has 104 valence electrons. The predicted octanol–water partition coefficient (Wildman–Crippen LogP) is 1.10. The fourth-order valence-electron chi connectivity index (χ4n) is 2.38. The number of imidazole rings is 1. The van der Waals surface area contributed by atoms with Crippen LogP contribution in [0.4, 0.5) is 0 Å². The summed E-state index contributed by atoms with van der Waals surface area (Å²) in [6.07, 6.45) is 10.5. The topological polar surface area (TPSA) is 58.4 Å². The van der Waals surface area contributed by atoms with E-state index in [1.807, 2.05) is 17.8 Å². The number of hydrogen-bond donors (Lipinski definition) is 1. The Balaban J connectivity index is 2.04. The lowest BCUT2D eigenvalue weighted by molar-refractivity contribution is -0.137. The minimum Gasteiger partial charge on any atom is -0.395 e. The molecule has 0 aromatic carbocycles. The number of hydrogen-bond acceptors (Lipinski definition) is 3. The number of amides is 1. The number of aromatic nitrogens is 2. The lowest BCUT2D eigenvalue weighted by Gasteiger charge is -2.27. The first-order valence-electron chi connectivity index (χ1n) is 6.73. The van der Waals surface area contributed by atoms with Crippen LogP contribution in [0.15, 0.2) is 24.5 Å². The molecule has 0 saturated heterocycles. The third-order valence-corrected chi connectivity index (χ3v) is 3.55. The van der Waals surface area contributed by atoms with Gasteiger partial charge in [0.2, 0.25) is 5.91 Å². The van der Waals surface area contributed by atoms with Gasteiger partial charge in [0.25, 0.3) is 0 Å². The molecule has 1 amide bonds. The van der Waals surface area contributed by atoms with E-state index < -0.39 is 0 Å². The van der Waals surface area contributed by atoms with Crippen molar-refractivity contribution in [3.05, 3.63) is 30.4 Å². The van der Waals surface area contributed by atoms with E-state index >= 15 is 0 Å². The molecule has 0 radical (unpaired) electrons. The Bertz CT molecular complexity index is 453. The first-order chi connectivity index (χ1) is 9.22. The fraction of sp³-hybridized carbons (Fsp3) is 0.571. The Hall–Kier alpha value is -1.62. The second-order valence-corrected chi connectivity index (χ2v) is 4.92. The highest BCUT2D eigenvalue weighted by molar-refractivity contribution is 5.79. The molecule has 1 aromatic heterocycles. The van der Waals surface area contributed by atoms with E-state index in [0.29, 0.717) is 13.1 Å². The molecule has 1 heterocycles. The van der Waals surface area contributed by atoms with Crippen LogP contribution in [0.25, 0.3) is 0 Å². The minimum absolute atomic E-state index is 0.0152. The predicted molar refractivity (Wildman–Crippen MR) is 72.2 cm³/mol. The van der Waals surface area contributed by atoms with Crippen LogP contribution in [0.3, 0.4) is 0 Å². The van der Waals surface area contributed by atoms with E-state index in [2.05, 4.69) is 17.1 Å². The molecule has 2 rings (SSSR count). The molecule has 5 nitrogen and oxygen atoms in total. The normalized spacial score (nSPS) is 18.5. The van der Waals surface area contributed by atoms with Crippen molar-refractivity contribution in [1.29, 1.82) is 0 Å². The maximum atomic E-state index is 12.5. The zero-order valence-electron chi connectivity index (χ0n) is 11.3. The van der Waals surface area contributed by atoms with Crippen molar-refractivity contribution in [2.75, 3.05) is 13.2 Å². The smallest absolute Gasteiger partial charge is 0.226 e. The highest BCUT2D eigenvalue weighted by Crippen LogP contribution is 2.21. The molecular weight excluding hydrogens is 242 g/mol. The van der Waals surface area contributed by atoms with Crippen LogP contribution < -0.4 is 0 Å². The maximum absolute atomic E-state index is 12.5. The molecule has 0 spiro atoms. The van der Waals surface area contributed by atoms with Crippen molar-refractivity contribution in [2.24, 2.45) is 13.0 Å². The van der Waals surface area contributed by atoms with Crippen molar-refractivity contribution in [3.63, 3.8) is 0 Å². The van der Waals surface area contributed by atoms with Gasteiger partial charge in [-0.1, -0.05) is 12.2 Å². The Morgan fingerprint density at radius 3 is 3.00 bits per heavy atom. The highest BCUT2D eigenvalue weighted by atomic mass is 16.3. The van der Waals surface area contributed by atoms with Crippen molar-refractivity contribution >= 4 is 5.91 Å². The third kappa shape index (κ3) is 3.44. The molecule has 0 fully saturated rings. The summed E-state index contributed by atoms with van der Waals surface area (Å²) in [5, 5.41) is 9.15. The van der Waals surface area contributed by atoms with Crippen molar-refractivity contribution in [3.8, 4) is 0 Å². The molecule has 5 heteroatoms. The van der Waals surface area contributed by atoms with Crippen molar-refractivity contribution in [2.45, 2.75) is 25.8 Å². The molecule has 0 bridgehead atoms. The second-order valence-electron chi connectivity index (χ2n) is 4.92. The number of aliphatic hydroxyl groups is 1. The summed E-state index contributed by atoms with van der Waals surface area (Å²) < 4.78 is 1.90. The van der Waals surface area contributed by atoms with Gasteiger partial charge in [0.15, 0.2) is 0 Å². The molecule has 0 saturated carbocycles. The van der Waals surface area contributed by atoms with Gasteiger partial charge >= 0.3 is 0 Å². The van der Waals surface area contributed by atoms with Crippen LogP contribution in [0.2, 0.25) is 0 Å². The summed E-state index contributed by atoms with van der Waals surface area (Å²) in [4.78, 5) is 18.4. The number of aryl methyl sites for hydroxylation is 1. The first kappa shape index (κ1) is 13.8. The average Bonchev–Trinajstić information content (AvgIpc) is 2.84. The number of allylic oxidation sites excluding steroid dienone is 2.